The van der Waals surface area contributed by atoms with Crippen LogP contribution in [-0.2, 0) is 4.79 Å². The van der Waals surface area contributed by atoms with Crippen molar-refractivity contribution >= 4 is 17.5 Å². The van der Waals surface area contributed by atoms with Crippen LogP contribution in [0.1, 0.15) is 38.5 Å². The molecule has 0 aromatic carbocycles. The van der Waals surface area contributed by atoms with E-state index in [-0.39, 0.29) is 5.54 Å². The van der Waals surface area contributed by atoms with Crippen LogP contribution in [0.25, 0.3) is 0 Å². The number of carbonyl (C=O) groups is 1. The highest BCUT2D eigenvalue weighted by Gasteiger charge is 2.51. The van der Waals surface area contributed by atoms with E-state index in [0.717, 1.165) is 37.0 Å². The molecule has 0 aromatic heterocycles. The molecule has 4 fully saturated rings. The standard InChI is InChI=1S/C12H17ClFNO/c13-10(14)11(16)15-12-4-7-1-8(5-12)3-9(2-7)6-12/h7-10H,1-6H2,(H,15,16). The Kier molecular flexibility index (Phi) is 2.43. The van der Waals surface area contributed by atoms with E-state index in [9.17, 15) is 9.18 Å². The second-order valence-electron chi connectivity index (χ2n) is 5.99. The molecule has 0 saturated heterocycles. The molecule has 1 amide bonds. The molecule has 0 radical (unpaired) electrons. The molecule has 90 valence electrons. The zero-order chi connectivity index (χ0) is 11.3. The Morgan fingerprint density at radius 3 is 2.00 bits per heavy atom. The van der Waals surface area contributed by atoms with Crippen molar-refractivity contribution in [1.82, 2.24) is 5.32 Å². The van der Waals surface area contributed by atoms with Crippen molar-refractivity contribution in [2.45, 2.75) is 49.7 Å². The van der Waals surface area contributed by atoms with Crippen molar-refractivity contribution in [3.05, 3.63) is 0 Å². The van der Waals surface area contributed by atoms with Gasteiger partial charge in [0.2, 0.25) is 0 Å². The van der Waals surface area contributed by atoms with Crippen LogP contribution in [0.15, 0.2) is 0 Å². The van der Waals surface area contributed by atoms with Gasteiger partial charge in [0.05, 0.1) is 0 Å². The zero-order valence-electron chi connectivity index (χ0n) is 9.22. The second kappa shape index (κ2) is 3.59. The maximum absolute atomic E-state index is 12.7. The number of rotatable bonds is 2. The molecule has 4 bridgehead atoms. The zero-order valence-corrected chi connectivity index (χ0v) is 9.97. The molecule has 0 spiro atoms. The van der Waals surface area contributed by atoms with Crippen molar-refractivity contribution in [1.29, 1.82) is 0 Å². The van der Waals surface area contributed by atoms with Crippen LogP contribution in [0.3, 0.4) is 0 Å². The number of amides is 1. The van der Waals surface area contributed by atoms with E-state index in [1.165, 1.54) is 19.3 Å². The van der Waals surface area contributed by atoms with Crippen LogP contribution >= 0.6 is 11.6 Å². The largest absolute Gasteiger partial charge is 0.347 e. The molecule has 0 heterocycles. The Morgan fingerprint density at radius 1 is 1.19 bits per heavy atom. The molecule has 4 aliphatic rings. The molecule has 16 heavy (non-hydrogen) atoms. The van der Waals surface area contributed by atoms with Gasteiger partial charge in [-0.2, -0.15) is 0 Å². The highest BCUT2D eigenvalue weighted by atomic mass is 35.5. The quantitative estimate of drug-likeness (QED) is 0.745. The van der Waals surface area contributed by atoms with Crippen LogP contribution in [0.4, 0.5) is 4.39 Å². The van der Waals surface area contributed by atoms with E-state index in [0.29, 0.717) is 0 Å². The van der Waals surface area contributed by atoms with Gasteiger partial charge in [0, 0.05) is 5.54 Å². The van der Waals surface area contributed by atoms with Crippen LogP contribution < -0.4 is 5.32 Å². The predicted octanol–water partition coefficient (Wildman–Crippen LogP) is 2.61. The van der Waals surface area contributed by atoms with Crippen LogP contribution in [0.5, 0.6) is 0 Å². The maximum atomic E-state index is 12.7. The van der Waals surface area contributed by atoms with Gasteiger partial charge in [-0.3, -0.25) is 4.79 Å². The molecule has 4 heteroatoms. The topological polar surface area (TPSA) is 29.1 Å². The summed E-state index contributed by atoms with van der Waals surface area (Å²) in [6, 6.07) is 0. The van der Waals surface area contributed by atoms with Gasteiger partial charge in [0.15, 0.2) is 0 Å². The molecule has 1 N–H and O–H groups in total. The minimum Gasteiger partial charge on any atom is -0.347 e. The molecule has 0 aliphatic heterocycles. The van der Waals surface area contributed by atoms with Gasteiger partial charge in [-0.15, -0.1) is 0 Å². The number of halogens is 2. The number of alkyl halides is 2. The fourth-order valence-corrected chi connectivity index (χ4v) is 4.63. The SMILES string of the molecule is O=C(NC12CC3CC(CC(C3)C1)C2)C(F)Cl. The molecule has 1 unspecified atom stereocenters. The molecule has 4 aliphatic carbocycles. The highest BCUT2D eigenvalue weighted by Crippen LogP contribution is 2.55. The third-order valence-corrected chi connectivity index (χ3v) is 4.82. The third-order valence-electron chi connectivity index (χ3n) is 4.62. The molecule has 4 saturated carbocycles. The normalized spacial score (nSPS) is 46.8. The van der Waals surface area contributed by atoms with E-state index >= 15 is 0 Å². The summed E-state index contributed by atoms with van der Waals surface area (Å²) in [5.41, 5.74) is -2.02. The van der Waals surface area contributed by atoms with Gasteiger partial charge in [-0.05, 0) is 56.3 Å². The first kappa shape index (κ1) is 10.8. The average molecular weight is 246 g/mol. The Balaban J connectivity index is 1.76. The monoisotopic (exact) mass is 245 g/mol. The molecule has 4 rings (SSSR count). The lowest BCUT2D eigenvalue weighted by atomic mass is 9.53. The maximum Gasteiger partial charge on any atom is 0.270 e. The summed E-state index contributed by atoms with van der Waals surface area (Å²) in [4.78, 5) is 11.4. The lowest BCUT2D eigenvalue weighted by Gasteiger charge is -2.56. The van der Waals surface area contributed by atoms with Crippen LogP contribution in [-0.4, -0.2) is 17.1 Å². The fourth-order valence-electron chi connectivity index (χ4n) is 4.58. The van der Waals surface area contributed by atoms with Gasteiger partial charge in [-0.1, -0.05) is 11.6 Å². The number of hydrogen-bond donors (Lipinski definition) is 1. The van der Waals surface area contributed by atoms with E-state index in [1.807, 2.05) is 0 Å². The summed E-state index contributed by atoms with van der Waals surface area (Å²) in [7, 11) is 0. The number of nitrogens with one attached hydrogen (secondary N) is 1. The summed E-state index contributed by atoms with van der Waals surface area (Å²) in [5.74, 6) is 1.61. The van der Waals surface area contributed by atoms with E-state index in [4.69, 9.17) is 11.6 Å². The summed E-state index contributed by atoms with van der Waals surface area (Å²) in [6.07, 6.45) is 7.05. The van der Waals surface area contributed by atoms with Crippen molar-refractivity contribution in [2.75, 3.05) is 0 Å². The summed E-state index contributed by atoms with van der Waals surface area (Å²) >= 11 is 5.19. The number of carbonyl (C=O) groups excluding carboxylic acids is 1. The van der Waals surface area contributed by atoms with Crippen LogP contribution in [0.2, 0.25) is 0 Å². The Hall–Kier alpha value is -0.310. The van der Waals surface area contributed by atoms with Crippen molar-refractivity contribution in [3.8, 4) is 0 Å². The lowest BCUT2D eigenvalue weighted by molar-refractivity contribution is -0.129. The summed E-state index contributed by atoms with van der Waals surface area (Å²) in [5, 5.41) is 2.88. The first-order valence-electron chi connectivity index (χ1n) is 6.16. The molecular weight excluding hydrogens is 229 g/mol. The highest BCUT2D eigenvalue weighted by molar-refractivity contribution is 6.29. The summed E-state index contributed by atoms with van der Waals surface area (Å²) < 4.78 is 12.7. The average Bonchev–Trinajstić information content (AvgIpc) is 2.13. The van der Waals surface area contributed by atoms with E-state index in [1.54, 1.807) is 0 Å². The van der Waals surface area contributed by atoms with Gasteiger partial charge < -0.3 is 5.32 Å². The van der Waals surface area contributed by atoms with Crippen molar-refractivity contribution < 1.29 is 9.18 Å². The van der Waals surface area contributed by atoms with Crippen LogP contribution in [0, 0.1) is 17.8 Å². The molecular formula is C12H17ClFNO. The van der Waals surface area contributed by atoms with E-state index < -0.39 is 11.5 Å². The van der Waals surface area contributed by atoms with Gasteiger partial charge in [-0.25, -0.2) is 4.39 Å². The fraction of sp³-hybridized carbons (Fsp3) is 0.917. The van der Waals surface area contributed by atoms with Gasteiger partial charge in [0.25, 0.3) is 11.5 Å². The molecule has 1 atom stereocenters. The second-order valence-corrected chi connectivity index (χ2v) is 6.37. The molecule has 2 nitrogen and oxygen atoms in total. The molecule has 0 aromatic rings. The third kappa shape index (κ3) is 1.73. The predicted molar refractivity (Wildman–Crippen MR) is 59.8 cm³/mol. The van der Waals surface area contributed by atoms with Crippen molar-refractivity contribution in [3.63, 3.8) is 0 Å². The minimum atomic E-state index is -1.90. The Morgan fingerprint density at radius 2 is 1.62 bits per heavy atom. The first-order valence-corrected chi connectivity index (χ1v) is 6.60. The smallest absolute Gasteiger partial charge is 0.270 e. The number of hydrogen-bond acceptors (Lipinski definition) is 1. The Bertz CT molecular complexity index is 283. The first-order chi connectivity index (χ1) is 7.56. The minimum absolute atomic E-state index is 0.120. The van der Waals surface area contributed by atoms with Crippen molar-refractivity contribution in [2.24, 2.45) is 17.8 Å². The van der Waals surface area contributed by atoms with Gasteiger partial charge >= 0.3 is 0 Å². The van der Waals surface area contributed by atoms with Gasteiger partial charge in [0.1, 0.15) is 0 Å². The lowest BCUT2D eigenvalue weighted by Crippen LogP contribution is -2.60. The van der Waals surface area contributed by atoms with E-state index in [2.05, 4.69) is 5.32 Å². The Labute approximate surface area is 99.9 Å². The summed E-state index contributed by atoms with van der Waals surface area (Å²) in [6.45, 7) is 0.